The molecular formula is C11H16N2O2. The molecule has 0 aromatic heterocycles. The molecule has 0 heterocycles. The number of rotatable bonds is 5. The smallest absolute Gasteiger partial charge is 0.245 e. The molecule has 4 nitrogen and oxygen atoms in total. The molecule has 1 atom stereocenters. The molecule has 82 valence electrons. The lowest BCUT2D eigenvalue weighted by Gasteiger charge is -2.11. The Labute approximate surface area is 89.4 Å². The summed E-state index contributed by atoms with van der Waals surface area (Å²) in [5.41, 5.74) is 9.11. The second-order valence-electron chi connectivity index (χ2n) is 3.18. The topological polar surface area (TPSA) is 64.3 Å². The molecule has 0 spiro atoms. The van der Waals surface area contributed by atoms with E-state index in [0.29, 0.717) is 6.61 Å². The predicted octanol–water partition coefficient (Wildman–Crippen LogP) is 1.14. The molecule has 0 saturated heterocycles. The highest BCUT2D eigenvalue weighted by Gasteiger charge is 2.10. The van der Waals surface area contributed by atoms with Crippen molar-refractivity contribution in [1.82, 2.24) is 5.48 Å². The van der Waals surface area contributed by atoms with Gasteiger partial charge in [0.15, 0.2) is 0 Å². The van der Waals surface area contributed by atoms with E-state index in [-0.39, 0.29) is 18.4 Å². The van der Waals surface area contributed by atoms with Gasteiger partial charge in [0, 0.05) is 12.5 Å². The van der Waals surface area contributed by atoms with Crippen LogP contribution in [0.5, 0.6) is 0 Å². The highest BCUT2D eigenvalue weighted by atomic mass is 16.6. The molecule has 1 aromatic carbocycles. The lowest BCUT2D eigenvalue weighted by molar-refractivity contribution is -0.133. The van der Waals surface area contributed by atoms with E-state index in [9.17, 15) is 4.79 Å². The minimum Gasteiger partial charge on any atom is -0.324 e. The van der Waals surface area contributed by atoms with Gasteiger partial charge in [-0.3, -0.25) is 9.63 Å². The van der Waals surface area contributed by atoms with Gasteiger partial charge < -0.3 is 5.73 Å². The third kappa shape index (κ3) is 4.10. The van der Waals surface area contributed by atoms with Crippen LogP contribution in [0.3, 0.4) is 0 Å². The van der Waals surface area contributed by atoms with Crippen molar-refractivity contribution in [1.29, 1.82) is 0 Å². The van der Waals surface area contributed by atoms with Crippen molar-refractivity contribution in [2.45, 2.75) is 19.4 Å². The van der Waals surface area contributed by atoms with Gasteiger partial charge >= 0.3 is 0 Å². The van der Waals surface area contributed by atoms with E-state index in [4.69, 9.17) is 10.6 Å². The largest absolute Gasteiger partial charge is 0.324 e. The Morgan fingerprint density at radius 3 is 2.73 bits per heavy atom. The maximum absolute atomic E-state index is 11.3. The Kier molecular flexibility index (Phi) is 4.80. The Balaban J connectivity index is 2.42. The number of benzene rings is 1. The van der Waals surface area contributed by atoms with Gasteiger partial charge in [-0.15, -0.1) is 0 Å². The van der Waals surface area contributed by atoms with Gasteiger partial charge in [0.1, 0.15) is 0 Å². The van der Waals surface area contributed by atoms with Crippen molar-refractivity contribution in [3.05, 3.63) is 35.9 Å². The Hall–Kier alpha value is -1.39. The van der Waals surface area contributed by atoms with E-state index < -0.39 is 0 Å². The van der Waals surface area contributed by atoms with Gasteiger partial charge in [0.25, 0.3) is 0 Å². The van der Waals surface area contributed by atoms with Crippen molar-refractivity contribution in [3.63, 3.8) is 0 Å². The summed E-state index contributed by atoms with van der Waals surface area (Å²) in [7, 11) is 0. The fourth-order valence-electron chi connectivity index (χ4n) is 1.21. The summed E-state index contributed by atoms with van der Waals surface area (Å²) < 4.78 is 0. The standard InChI is InChI=1S/C11H16N2O2/c1-2-15-13-11(14)8-10(12)9-6-4-3-5-7-9/h3-7,10H,2,8,12H2,1H3,(H,13,14). The van der Waals surface area contributed by atoms with Gasteiger partial charge in [-0.1, -0.05) is 30.3 Å². The van der Waals surface area contributed by atoms with Gasteiger partial charge in [-0.2, -0.15) is 0 Å². The number of hydroxylamine groups is 1. The molecule has 0 saturated carbocycles. The van der Waals surface area contributed by atoms with Crippen LogP contribution in [0.15, 0.2) is 30.3 Å². The number of carbonyl (C=O) groups is 1. The average Bonchev–Trinajstić information content (AvgIpc) is 2.27. The fourth-order valence-corrected chi connectivity index (χ4v) is 1.21. The van der Waals surface area contributed by atoms with Crippen molar-refractivity contribution < 1.29 is 9.63 Å². The van der Waals surface area contributed by atoms with E-state index in [1.165, 1.54) is 0 Å². The SMILES string of the molecule is CCONC(=O)CC(N)c1ccccc1. The number of carbonyl (C=O) groups excluding carboxylic acids is 1. The monoisotopic (exact) mass is 208 g/mol. The summed E-state index contributed by atoms with van der Waals surface area (Å²) in [6.45, 7) is 2.25. The van der Waals surface area contributed by atoms with Crippen LogP contribution in [-0.2, 0) is 9.63 Å². The zero-order valence-corrected chi connectivity index (χ0v) is 8.77. The average molecular weight is 208 g/mol. The van der Waals surface area contributed by atoms with Crippen molar-refractivity contribution in [3.8, 4) is 0 Å². The van der Waals surface area contributed by atoms with Crippen LogP contribution in [-0.4, -0.2) is 12.5 Å². The van der Waals surface area contributed by atoms with Crippen molar-refractivity contribution in [2.24, 2.45) is 5.73 Å². The quantitative estimate of drug-likeness (QED) is 0.713. The van der Waals surface area contributed by atoms with Crippen molar-refractivity contribution >= 4 is 5.91 Å². The second kappa shape index (κ2) is 6.16. The Morgan fingerprint density at radius 2 is 2.13 bits per heavy atom. The van der Waals surface area contributed by atoms with Gasteiger partial charge in [0.2, 0.25) is 5.91 Å². The number of hydrogen-bond acceptors (Lipinski definition) is 3. The van der Waals surface area contributed by atoms with Gasteiger partial charge in [-0.05, 0) is 12.5 Å². The molecule has 0 aliphatic heterocycles. The van der Waals surface area contributed by atoms with E-state index >= 15 is 0 Å². The first-order chi connectivity index (χ1) is 7.24. The van der Waals surface area contributed by atoms with Crippen LogP contribution in [0, 0.1) is 0 Å². The lowest BCUT2D eigenvalue weighted by atomic mass is 10.1. The molecule has 0 aliphatic carbocycles. The van der Waals surface area contributed by atoms with Crippen LogP contribution in [0.25, 0.3) is 0 Å². The van der Waals surface area contributed by atoms with E-state index in [1.807, 2.05) is 30.3 Å². The summed E-state index contributed by atoms with van der Waals surface area (Å²) in [6.07, 6.45) is 0.226. The molecule has 3 N–H and O–H groups in total. The fraction of sp³-hybridized carbons (Fsp3) is 0.364. The number of nitrogens with two attached hydrogens (primary N) is 1. The number of amides is 1. The molecule has 15 heavy (non-hydrogen) atoms. The summed E-state index contributed by atoms with van der Waals surface area (Å²) >= 11 is 0. The van der Waals surface area contributed by atoms with Crippen LogP contribution < -0.4 is 11.2 Å². The van der Waals surface area contributed by atoms with Crippen molar-refractivity contribution in [2.75, 3.05) is 6.61 Å². The molecule has 1 amide bonds. The first-order valence-corrected chi connectivity index (χ1v) is 4.95. The summed E-state index contributed by atoms with van der Waals surface area (Å²) in [4.78, 5) is 16.0. The van der Waals surface area contributed by atoms with Crippen LogP contribution in [0.2, 0.25) is 0 Å². The summed E-state index contributed by atoms with van der Waals surface area (Å²) in [5.74, 6) is -0.201. The minimum absolute atomic E-state index is 0.201. The van der Waals surface area contributed by atoms with Crippen LogP contribution in [0.1, 0.15) is 24.9 Å². The Bertz CT molecular complexity index is 301. The van der Waals surface area contributed by atoms with E-state index in [1.54, 1.807) is 6.92 Å². The van der Waals surface area contributed by atoms with Gasteiger partial charge in [0.05, 0.1) is 6.61 Å². The van der Waals surface area contributed by atoms with E-state index in [2.05, 4.69) is 5.48 Å². The number of nitrogens with one attached hydrogen (secondary N) is 1. The molecule has 4 heteroatoms. The molecule has 0 fully saturated rings. The zero-order chi connectivity index (χ0) is 11.1. The Morgan fingerprint density at radius 1 is 1.47 bits per heavy atom. The highest BCUT2D eigenvalue weighted by molar-refractivity contribution is 5.75. The summed E-state index contributed by atoms with van der Waals surface area (Å²) in [5, 5.41) is 0. The first-order valence-electron chi connectivity index (χ1n) is 4.95. The molecule has 1 rings (SSSR count). The van der Waals surface area contributed by atoms with E-state index in [0.717, 1.165) is 5.56 Å². The molecule has 0 radical (unpaired) electrons. The lowest BCUT2D eigenvalue weighted by Crippen LogP contribution is -2.27. The van der Waals surface area contributed by atoms with Gasteiger partial charge in [-0.25, -0.2) is 5.48 Å². The highest BCUT2D eigenvalue weighted by Crippen LogP contribution is 2.12. The molecular weight excluding hydrogens is 192 g/mol. The first kappa shape index (κ1) is 11.7. The third-order valence-corrected chi connectivity index (χ3v) is 1.96. The number of hydrogen-bond donors (Lipinski definition) is 2. The minimum atomic E-state index is -0.286. The third-order valence-electron chi connectivity index (χ3n) is 1.96. The zero-order valence-electron chi connectivity index (χ0n) is 8.77. The normalized spacial score (nSPS) is 12.1. The molecule has 0 bridgehead atoms. The maximum Gasteiger partial charge on any atom is 0.245 e. The molecule has 1 unspecified atom stereocenters. The summed E-state index contributed by atoms with van der Waals surface area (Å²) in [6, 6.07) is 9.23. The van der Waals surface area contributed by atoms with Crippen LogP contribution >= 0.6 is 0 Å². The molecule has 0 aliphatic rings. The molecule has 1 aromatic rings. The van der Waals surface area contributed by atoms with Crippen LogP contribution in [0.4, 0.5) is 0 Å². The maximum atomic E-state index is 11.3. The predicted molar refractivity (Wildman–Crippen MR) is 57.8 cm³/mol. The second-order valence-corrected chi connectivity index (χ2v) is 3.18.